The zero-order chi connectivity index (χ0) is 17.8. The molecule has 25 heavy (non-hydrogen) atoms. The Labute approximate surface area is 149 Å². The van der Waals surface area contributed by atoms with Gasteiger partial charge in [-0.05, 0) is 38.1 Å². The molecule has 0 radical (unpaired) electrons. The number of thiazole rings is 1. The van der Waals surface area contributed by atoms with E-state index < -0.39 is 0 Å². The summed E-state index contributed by atoms with van der Waals surface area (Å²) in [6.07, 6.45) is 0. The standard InChI is InChI=1S/C18H18N2O4S/c1-11-12(2)25-18(19-11)20-17(21)16-9-8-13(24-16)10-23-15-7-5-4-6-14(15)22-3/h4-9H,10H2,1-3H3,(H,19,20,21). The number of rotatable bonds is 6. The van der Waals surface area contributed by atoms with Crippen molar-refractivity contribution in [3.05, 3.63) is 58.5 Å². The molecule has 0 aliphatic carbocycles. The van der Waals surface area contributed by atoms with Gasteiger partial charge in [0.05, 0.1) is 12.8 Å². The first-order chi connectivity index (χ1) is 12.1. The van der Waals surface area contributed by atoms with Gasteiger partial charge in [-0.1, -0.05) is 12.1 Å². The molecule has 1 N–H and O–H groups in total. The molecule has 3 aromatic rings. The first-order valence-electron chi connectivity index (χ1n) is 7.66. The van der Waals surface area contributed by atoms with Gasteiger partial charge in [-0.3, -0.25) is 10.1 Å². The maximum Gasteiger partial charge on any atom is 0.293 e. The van der Waals surface area contributed by atoms with Gasteiger partial charge in [0.2, 0.25) is 0 Å². The van der Waals surface area contributed by atoms with Gasteiger partial charge in [0.1, 0.15) is 12.4 Å². The molecule has 2 heterocycles. The lowest BCUT2D eigenvalue weighted by Crippen LogP contribution is -2.10. The number of hydrogen-bond donors (Lipinski definition) is 1. The van der Waals surface area contributed by atoms with Crippen molar-refractivity contribution < 1.29 is 18.7 Å². The highest BCUT2D eigenvalue weighted by Crippen LogP contribution is 2.27. The number of carbonyl (C=O) groups excluding carboxylic acids is 1. The van der Waals surface area contributed by atoms with E-state index >= 15 is 0 Å². The average molecular weight is 358 g/mol. The van der Waals surface area contributed by atoms with E-state index in [0.717, 1.165) is 10.6 Å². The number of nitrogens with zero attached hydrogens (tertiary/aromatic N) is 1. The summed E-state index contributed by atoms with van der Waals surface area (Å²) in [6.45, 7) is 4.06. The molecule has 130 valence electrons. The van der Waals surface area contributed by atoms with E-state index in [-0.39, 0.29) is 18.3 Å². The van der Waals surface area contributed by atoms with Crippen LogP contribution in [-0.4, -0.2) is 18.0 Å². The van der Waals surface area contributed by atoms with Crippen molar-refractivity contribution in [3.8, 4) is 11.5 Å². The Kier molecular flexibility index (Phi) is 5.04. The zero-order valence-corrected chi connectivity index (χ0v) is 15.0. The zero-order valence-electron chi connectivity index (χ0n) is 14.2. The molecule has 0 bridgehead atoms. The Balaban J connectivity index is 1.62. The maximum absolute atomic E-state index is 12.2. The molecule has 0 fully saturated rings. The summed E-state index contributed by atoms with van der Waals surface area (Å²) < 4.78 is 16.5. The third-order valence-corrected chi connectivity index (χ3v) is 4.56. The van der Waals surface area contributed by atoms with Crippen molar-refractivity contribution in [1.82, 2.24) is 4.98 Å². The third-order valence-electron chi connectivity index (χ3n) is 3.57. The Morgan fingerprint density at radius 1 is 1.20 bits per heavy atom. The molecule has 3 rings (SSSR count). The lowest BCUT2D eigenvalue weighted by Gasteiger charge is -2.08. The second kappa shape index (κ2) is 7.40. The van der Waals surface area contributed by atoms with E-state index in [1.54, 1.807) is 19.2 Å². The van der Waals surface area contributed by atoms with E-state index in [4.69, 9.17) is 13.9 Å². The number of benzene rings is 1. The van der Waals surface area contributed by atoms with Gasteiger partial charge in [-0.25, -0.2) is 4.98 Å². The van der Waals surface area contributed by atoms with Gasteiger partial charge in [-0.2, -0.15) is 0 Å². The van der Waals surface area contributed by atoms with Crippen LogP contribution in [0.4, 0.5) is 5.13 Å². The largest absolute Gasteiger partial charge is 0.493 e. The lowest BCUT2D eigenvalue weighted by molar-refractivity contribution is 0.0992. The number of hydrogen-bond acceptors (Lipinski definition) is 6. The van der Waals surface area contributed by atoms with Crippen molar-refractivity contribution >= 4 is 22.4 Å². The summed E-state index contributed by atoms with van der Waals surface area (Å²) >= 11 is 1.43. The van der Waals surface area contributed by atoms with Crippen LogP contribution in [0.25, 0.3) is 0 Å². The van der Waals surface area contributed by atoms with Crippen LogP contribution in [0.3, 0.4) is 0 Å². The van der Waals surface area contributed by atoms with Crippen LogP contribution in [-0.2, 0) is 6.61 Å². The van der Waals surface area contributed by atoms with Gasteiger partial charge in [0.25, 0.3) is 5.91 Å². The van der Waals surface area contributed by atoms with E-state index in [1.807, 2.05) is 38.1 Å². The number of anilines is 1. The predicted octanol–water partition coefficient (Wildman–Crippen LogP) is 4.19. The summed E-state index contributed by atoms with van der Waals surface area (Å²) in [5.74, 6) is 1.67. The molecule has 0 aliphatic heterocycles. The molecule has 0 aliphatic rings. The highest BCUT2D eigenvalue weighted by atomic mass is 32.1. The maximum atomic E-state index is 12.2. The van der Waals surface area contributed by atoms with Gasteiger partial charge in [0, 0.05) is 4.88 Å². The quantitative estimate of drug-likeness (QED) is 0.715. The molecular formula is C18H18N2O4S. The Morgan fingerprint density at radius 3 is 2.64 bits per heavy atom. The van der Waals surface area contributed by atoms with Crippen molar-refractivity contribution in [1.29, 1.82) is 0 Å². The molecule has 0 saturated heterocycles. The number of ether oxygens (including phenoxy) is 2. The van der Waals surface area contributed by atoms with Crippen LogP contribution in [0.1, 0.15) is 26.9 Å². The van der Waals surface area contributed by atoms with E-state index in [2.05, 4.69) is 10.3 Å². The van der Waals surface area contributed by atoms with Crippen molar-refractivity contribution in [2.75, 3.05) is 12.4 Å². The molecule has 1 amide bonds. The SMILES string of the molecule is COc1ccccc1OCc1ccc(C(=O)Nc2nc(C)c(C)s2)o1. The molecular weight excluding hydrogens is 340 g/mol. The number of aryl methyl sites for hydroxylation is 2. The number of methoxy groups -OCH3 is 1. The van der Waals surface area contributed by atoms with E-state index in [0.29, 0.717) is 22.4 Å². The van der Waals surface area contributed by atoms with Gasteiger partial charge in [-0.15, -0.1) is 11.3 Å². The van der Waals surface area contributed by atoms with Gasteiger partial charge >= 0.3 is 0 Å². The highest BCUT2D eigenvalue weighted by molar-refractivity contribution is 7.15. The van der Waals surface area contributed by atoms with Crippen molar-refractivity contribution in [2.45, 2.75) is 20.5 Å². The first kappa shape index (κ1) is 17.0. The van der Waals surface area contributed by atoms with Crippen LogP contribution < -0.4 is 14.8 Å². The van der Waals surface area contributed by atoms with E-state index in [9.17, 15) is 4.79 Å². The molecule has 0 saturated carbocycles. The predicted molar refractivity (Wildman–Crippen MR) is 95.6 cm³/mol. The van der Waals surface area contributed by atoms with Crippen LogP contribution in [0.2, 0.25) is 0 Å². The summed E-state index contributed by atoms with van der Waals surface area (Å²) in [4.78, 5) is 17.6. The summed E-state index contributed by atoms with van der Waals surface area (Å²) in [5, 5.41) is 3.30. The lowest BCUT2D eigenvalue weighted by atomic mass is 10.3. The monoisotopic (exact) mass is 358 g/mol. The van der Waals surface area contributed by atoms with E-state index in [1.165, 1.54) is 11.3 Å². The van der Waals surface area contributed by atoms with Crippen molar-refractivity contribution in [3.63, 3.8) is 0 Å². The van der Waals surface area contributed by atoms with Gasteiger partial charge in [0.15, 0.2) is 22.4 Å². The third kappa shape index (κ3) is 4.00. The first-order valence-corrected chi connectivity index (χ1v) is 8.48. The van der Waals surface area contributed by atoms with Gasteiger partial charge < -0.3 is 13.9 Å². The summed E-state index contributed by atoms with van der Waals surface area (Å²) in [5.41, 5.74) is 0.908. The summed E-state index contributed by atoms with van der Waals surface area (Å²) in [7, 11) is 1.58. The minimum Gasteiger partial charge on any atom is -0.493 e. The number of aromatic nitrogens is 1. The second-order valence-electron chi connectivity index (χ2n) is 5.32. The normalized spacial score (nSPS) is 10.5. The van der Waals surface area contributed by atoms with Crippen LogP contribution in [0.5, 0.6) is 11.5 Å². The molecule has 7 heteroatoms. The topological polar surface area (TPSA) is 73.6 Å². The van der Waals surface area contributed by atoms with Crippen LogP contribution in [0, 0.1) is 13.8 Å². The summed E-state index contributed by atoms with van der Waals surface area (Å²) in [6, 6.07) is 10.7. The fraction of sp³-hybridized carbons (Fsp3) is 0.222. The fourth-order valence-corrected chi connectivity index (χ4v) is 2.96. The van der Waals surface area contributed by atoms with Crippen LogP contribution in [0.15, 0.2) is 40.8 Å². The smallest absolute Gasteiger partial charge is 0.293 e. The number of furan rings is 1. The molecule has 2 aromatic heterocycles. The average Bonchev–Trinajstić information content (AvgIpc) is 3.20. The van der Waals surface area contributed by atoms with Crippen molar-refractivity contribution in [2.24, 2.45) is 0 Å². The number of nitrogens with one attached hydrogen (secondary N) is 1. The number of amides is 1. The molecule has 0 unspecified atom stereocenters. The molecule has 0 spiro atoms. The molecule has 1 aromatic carbocycles. The Hall–Kier alpha value is -2.80. The Morgan fingerprint density at radius 2 is 1.96 bits per heavy atom. The molecule has 6 nitrogen and oxygen atoms in total. The Bertz CT molecular complexity index is 865. The number of carbonyl (C=O) groups is 1. The highest BCUT2D eigenvalue weighted by Gasteiger charge is 2.14. The number of para-hydroxylation sites is 2. The van der Waals surface area contributed by atoms with Crippen LogP contribution >= 0.6 is 11.3 Å². The molecule has 0 atom stereocenters. The second-order valence-corrected chi connectivity index (χ2v) is 6.52. The minimum atomic E-state index is -0.336. The fourth-order valence-electron chi connectivity index (χ4n) is 2.15. The minimum absolute atomic E-state index is 0.198.